The summed E-state index contributed by atoms with van der Waals surface area (Å²) in [6.45, 7) is 0.946. The van der Waals surface area contributed by atoms with Crippen LogP contribution >= 0.6 is 0 Å². The zero-order chi connectivity index (χ0) is 23.8. The fraction of sp³-hybridized carbons (Fsp3) is 0.136. The van der Waals surface area contributed by atoms with Gasteiger partial charge in [0.2, 0.25) is 21.8 Å². The van der Waals surface area contributed by atoms with Crippen molar-refractivity contribution in [3.63, 3.8) is 0 Å². The molecule has 0 atom stereocenters. The van der Waals surface area contributed by atoms with E-state index in [1.165, 1.54) is 30.5 Å². The Morgan fingerprint density at radius 2 is 1.55 bits per heavy atom. The van der Waals surface area contributed by atoms with E-state index in [2.05, 4.69) is 20.7 Å². The Morgan fingerprint density at radius 3 is 2.21 bits per heavy atom. The molecule has 33 heavy (non-hydrogen) atoms. The van der Waals surface area contributed by atoms with Gasteiger partial charge in [0.25, 0.3) is 5.91 Å². The van der Waals surface area contributed by atoms with E-state index in [4.69, 9.17) is 4.42 Å². The number of anilines is 2. The molecule has 0 bridgehead atoms. The van der Waals surface area contributed by atoms with Crippen molar-refractivity contribution < 1.29 is 27.2 Å². The molecule has 0 unspecified atom stereocenters. The molecule has 0 spiro atoms. The number of nitrogens with one attached hydrogen (secondary N) is 4. The van der Waals surface area contributed by atoms with Crippen LogP contribution in [-0.4, -0.2) is 39.2 Å². The number of furan rings is 1. The molecule has 0 fully saturated rings. The van der Waals surface area contributed by atoms with Crippen molar-refractivity contribution in [2.24, 2.45) is 0 Å². The minimum absolute atomic E-state index is 0.0395. The monoisotopic (exact) mass is 470 g/mol. The van der Waals surface area contributed by atoms with E-state index >= 15 is 0 Å². The first kappa shape index (κ1) is 23.7. The maximum atomic E-state index is 12.2. The molecule has 3 aromatic rings. The lowest BCUT2D eigenvalue weighted by atomic mass is 10.2. The average molecular weight is 471 g/mol. The second-order valence-corrected chi connectivity index (χ2v) is 8.74. The molecule has 172 valence electrons. The van der Waals surface area contributed by atoms with E-state index in [-0.39, 0.29) is 17.2 Å². The second-order valence-electron chi connectivity index (χ2n) is 6.97. The van der Waals surface area contributed by atoms with Crippen molar-refractivity contribution in [1.29, 1.82) is 0 Å². The molecule has 0 radical (unpaired) electrons. The Labute approximate surface area is 190 Å². The van der Waals surface area contributed by atoms with Gasteiger partial charge in [-0.05, 0) is 49.4 Å². The standard InChI is InChI=1S/C22H22N4O6S/c1-15-7-9-18(10-8-15)33(30,31)24-14-20(27)23-13-21(28)25-16-4-2-5-17(12-16)26-22(29)19-6-3-11-32-19/h2-12,24H,13-14H2,1H3,(H,23,27)(H,25,28)(H,26,29). The van der Waals surface area contributed by atoms with Gasteiger partial charge in [-0.1, -0.05) is 23.8 Å². The highest BCUT2D eigenvalue weighted by Crippen LogP contribution is 2.16. The smallest absolute Gasteiger partial charge is 0.291 e. The van der Waals surface area contributed by atoms with Crippen molar-refractivity contribution in [3.8, 4) is 0 Å². The molecule has 3 rings (SSSR count). The van der Waals surface area contributed by atoms with Crippen molar-refractivity contribution in [3.05, 3.63) is 78.3 Å². The SMILES string of the molecule is Cc1ccc(S(=O)(=O)NCC(=O)NCC(=O)Nc2cccc(NC(=O)c3ccco3)c2)cc1. The van der Waals surface area contributed by atoms with Crippen LogP contribution in [0.15, 0.2) is 76.2 Å². The minimum atomic E-state index is -3.84. The van der Waals surface area contributed by atoms with E-state index in [0.29, 0.717) is 11.4 Å². The Hall–Kier alpha value is -3.96. The van der Waals surface area contributed by atoms with Crippen LogP contribution in [0.5, 0.6) is 0 Å². The highest BCUT2D eigenvalue weighted by atomic mass is 32.2. The minimum Gasteiger partial charge on any atom is -0.459 e. The molecule has 1 heterocycles. The zero-order valence-electron chi connectivity index (χ0n) is 17.6. The molecule has 2 aromatic carbocycles. The predicted molar refractivity (Wildman–Crippen MR) is 121 cm³/mol. The van der Waals surface area contributed by atoms with Crippen LogP contribution in [0.4, 0.5) is 11.4 Å². The number of rotatable bonds is 9. The fourth-order valence-corrected chi connectivity index (χ4v) is 3.67. The molecular weight excluding hydrogens is 448 g/mol. The summed E-state index contributed by atoms with van der Waals surface area (Å²) >= 11 is 0. The van der Waals surface area contributed by atoms with Crippen LogP contribution in [0, 0.1) is 6.92 Å². The summed E-state index contributed by atoms with van der Waals surface area (Å²) in [6, 6.07) is 15.7. The van der Waals surface area contributed by atoms with Gasteiger partial charge in [-0.25, -0.2) is 13.1 Å². The number of hydrogen-bond acceptors (Lipinski definition) is 6. The lowest BCUT2D eigenvalue weighted by molar-refractivity contribution is -0.123. The summed E-state index contributed by atoms with van der Waals surface area (Å²) in [7, 11) is -3.84. The first-order valence-corrected chi connectivity index (χ1v) is 11.3. The number of sulfonamides is 1. The van der Waals surface area contributed by atoms with Gasteiger partial charge in [-0.2, -0.15) is 0 Å². The quantitative estimate of drug-likeness (QED) is 0.375. The van der Waals surface area contributed by atoms with Crippen LogP contribution in [0.1, 0.15) is 16.1 Å². The average Bonchev–Trinajstić information content (AvgIpc) is 3.32. The van der Waals surface area contributed by atoms with E-state index < -0.39 is 34.3 Å². The fourth-order valence-electron chi connectivity index (χ4n) is 2.68. The number of hydrogen-bond donors (Lipinski definition) is 4. The van der Waals surface area contributed by atoms with Crippen LogP contribution in [0.25, 0.3) is 0 Å². The van der Waals surface area contributed by atoms with Gasteiger partial charge in [0, 0.05) is 11.4 Å². The van der Waals surface area contributed by atoms with Gasteiger partial charge < -0.3 is 20.4 Å². The molecule has 0 saturated heterocycles. The number of benzene rings is 2. The normalized spacial score (nSPS) is 10.9. The number of carbonyl (C=O) groups excluding carboxylic acids is 3. The van der Waals surface area contributed by atoms with Crippen LogP contribution in [0.3, 0.4) is 0 Å². The Bertz CT molecular complexity index is 1240. The van der Waals surface area contributed by atoms with E-state index in [9.17, 15) is 22.8 Å². The van der Waals surface area contributed by atoms with Gasteiger partial charge in [0.05, 0.1) is 24.2 Å². The topological polar surface area (TPSA) is 147 Å². The third-order valence-electron chi connectivity index (χ3n) is 4.35. The summed E-state index contributed by atoms with van der Waals surface area (Å²) < 4.78 is 31.6. The summed E-state index contributed by atoms with van der Waals surface area (Å²) in [4.78, 5) is 36.1. The van der Waals surface area contributed by atoms with Gasteiger partial charge in [-0.15, -0.1) is 0 Å². The largest absolute Gasteiger partial charge is 0.459 e. The lowest BCUT2D eigenvalue weighted by Crippen LogP contribution is -2.40. The summed E-state index contributed by atoms with van der Waals surface area (Å²) in [5.41, 5.74) is 1.73. The third-order valence-corrected chi connectivity index (χ3v) is 5.77. The molecule has 10 nitrogen and oxygen atoms in total. The van der Waals surface area contributed by atoms with Gasteiger partial charge in [0.1, 0.15) is 0 Å². The van der Waals surface area contributed by atoms with Gasteiger partial charge in [-0.3, -0.25) is 14.4 Å². The Morgan fingerprint density at radius 1 is 0.848 bits per heavy atom. The zero-order valence-corrected chi connectivity index (χ0v) is 18.4. The van der Waals surface area contributed by atoms with Gasteiger partial charge >= 0.3 is 0 Å². The molecular formula is C22H22N4O6S. The van der Waals surface area contributed by atoms with Crippen molar-refractivity contribution >= 4 is 39.1 Å². The van der Waals surface area contributed by atoms with Crippen molar-refractivity contribution in [1.82, 2.24) is 10.0 Å². The molecule has 0 aliphatic heterocycles. The van der Waals surface area contributed by atoms with Crippen LogP contribution < -0.4 is 20.7 Å². The van der Waals surface area contributed by atoms with Gasteiger partial charge in [0.15, 0.2) is 5.76 Å². The maximum absolute atomic E-state index is 12.2. The number of amides is 3. The highest BCUT2D eigenvalue weighted by Gasteiger charge is 2.16. The van der Waals surface area contributed by atoms with Crippen LogP contribution in [0.2, 0.25) is 0 Å². The second kappa shape index (κ2) is 10.6. The Kier molecular flexibility index (Phi) is 7.59. The number of carbonyl (C=O) groups is 3. The van der Waals surface area contributed by atoms with Crippen molar-refractivity contribution in [2.75, 3.05) is 23.7 Å². The lowest BCUT2D eigenvalue weighted by Gasteiger charge is -2.10. The number of aryl methyl sites for hydroxylation is 1. The molecule has 0 saturated carbocycles. The molecule has 1 aromatic heterocycles. The summed E-state index contributed by atoms with van der Waals surface area (Å²) in [5, 5.41) is 7.56. The Balaban J connectivity index is 1.45. The highest BCUT2D eigenvalue weighted by molar-refractivity contribution is 7.89. The molecule has 0 aliphatic rings. The predicted octanol–water partition coefficient (Wildman–Crippen LogP) is 1.87. The van der Waals surface area contributed by atoms with Crippen molar-refractivity contribution in [2.45, 2.75) is 11.8 Å². The van der Waals surface area contributed by atoms with E-state index in [0.717, 1.165) is 5.56 Å². The van der Waals surface area contributed by atoms with E-state index in [1.54, 1.807) is 36.4 Å². The molecule has 4 N–H and O–H groups in total. The first-order chi connectivity index (χ1) is 15.7. The van der Waals surface area contributed by atoms with E-state index in [1.807, 2.05) is 6.92 Å². The summed E-state index contributed by atoms with van der Waals surface area (Å²) in [5.74, 6) is -1.49. The molecule has 11 heteroatoms. The molecule has 0 aliphatic carbocycles. The first-order valence-electron chi connectivity index (χ1n) is 9.81. The third kappa shape index (κ3) is 7.02. The van der Waals surface area contributed by atoms with Crippen LogP contribution in [-0.2, 0) is 19.6 Å². The summed E-state index contributed by atoms with van der Waals surface area (Å²) in [6.07, 6.45) is 1.38. The maximum Gasteiger partial charge on any atom is 0.291 e. The molecule has 3 amide bonds.